The van der Waals surface area contributed by atoms with Crippen LogP contribution >= 0.6 is 11.3 Å². The topological polar surface area (TPSA) is 132 Å². The van der Waals surface area contributed by atoms with Crippen molar-refractivity contribution in [2.24, 2.45) is 0 Å². The molecule has 0 saturated heterocycles. The maximum absolute atomic E-state index is 12.9. The number of thiazole rings is 1. The van der Waals surface area contributed by atoms with Crippen LogP contribution in [-0.4, -0.2) is 52.9 Å². The molecule has 3 rings (SSSR count). The highest BCUT2D eigenvalue weighted by Crippen LogP contribution is 2.09. The first kappa shape index (κ1) is 28.3. The Kier molecular flexibility index (Phi) is 10.3. The summed E-state index contributed by atoms with van der Waals surface area (Å²) in [4.78, 5) is 44.0. The van der Waals surface area contributed by atoms with Gasteiger partial charge in [-0.3, -0.25) is 23.9 Å². The molecule has 38 heavy (non-hydrogen) atoms. The summed E-state index contributed by atoms with van der Waals surface area (Å²) in [6.07, 6.45) is 2.33. The summed E-state index contributed by atoms with van der Waals surface area (Å²) >= 11 is 1.05. The number of carbonyl (C=O) groups is 2. The molecular weight excluding hydrogens is 502 g/mol. The fourth-order valence-electron chi connectivity index (χ4n) is 3.63. The highest BCUT2D eigenvalue weighted by molar-refractivity contribution is 7.07. The van der Waals surface area contributed by atoms with Crippen molar-refractivity contribution < 1.29 is 9.59 Å². The lowest BCUT2D eigenvalue weighted by atomic mass is 10.1. The van der Waals surface area contributed by atoms with E-state index in [0.29, 0.717) is 33.9 Å². The molecule has 3 N–H and O–H groups in total. The molecule has 0 saturated carbocycles. The maximum atomic E-state index is 12.9. The first-order chi connectivity index (χ1) is 18.4. The molecule has 11 heteroatoms. The number of hydrogen-bond acceptors (Lipinski definition) is 8. The fraction of sp³-hybridized carbons (Fsp3) is 0.296. The quantitative estimate of drug-likeness (QED) is 0.336. The molecule has 0 aliphatic heterocycles. The molecule has 2 heterocycles. The van der Waals surface area contributed by atoms with Crippen molar-refractivity contribution in [3.8, 4) is 6.07 Å². The molecule has 0 unspecified atom stereocenters. The van der Waals surface area contributed by atoms with Crippen LogP contribution in [0.5, 0.6) is 0 Å². The first-order valence-electron chi connectivity index (χ1n) is 12.2. The van der Waals surface area contributed by atoms with Gasteiger partial charge in [0.1, 0.15) is 26.9 Å². The van der Waals surface area contributed by atoms with E-state index < -0.39 is 5.91 Å². The van der Waals surface area contributed by atoms with E-state index >= 15 is 0 Å². The summed E-state index contributed by atoms with van der Waals surface area (Å²) in [6, 6.07) is 17.1. The largest absolute Gasteiger partial charge is 0.352 e. The smallest absolute Gasteiger partial charge is 0.270 e. The summed E-state index contributed by atoms with van der Waals surface area (Å²) in [5.41, 5.74) is 0.790. The van der Waals surface area contributed by atoms with Crippen LogP contribution in [0.1, 0.15) is 19.4 Å². The minimum atomic E-state index is -0.520. The Hall–Kier alpha value is -4.27. The second kappa shape index (κ2) is 13.9. The fourth-order valence-corrected chi connectivity index (χ4v) is 4.72. The van der Waals surface area contributed by atoms with Gasteiger partial charge in [0.25, 0.3) is 11.5 Å². The van der Waals surface area contributed by atoms with Gasteiger partial charge in [-0.2, -0.15) is 5.26 Å². The average molecular weight is 534 g/mol. The van der Waals surface area contributed by atoms with Gasteiger partial charge in [0.2, 0.25) is 5.91 Å². The highest BCUT2D eigenvalue weighted by atomic mass is 32.1. The van der Waals surface area contributed by atoms with E-state index in [9.17, 15) is 19.6 Å². The second-order valence-electron chi connectivity index (χ2n) is 8.39. The Morgan fingerprint density at radius 1 is 1.13 bits per heavy atom. The van der Waals surface area contributed by atoms with Crippen LogP contribution in [0.2, 0.25) is 0 Å². The van der Waals surface area contributed by atoms with Crippen LogP contribution in [0.4, 0.5) is 11.6 Å². The highest BCUT2D eigenvalue weighted by Gasteiger charge is 2.14. The molecule has 10 nitrogen and oxygen atoms in total. The SMILES string of the molecule is CCNC(=O)/C(C#N)=c1\s/c(=C/Nc2cccc(NC(=O)CN(C)CCc3ccccc3)n2)c(=O)n1CC. The maximum Gasteiger partial charge on any atom is 0.270 e. The van der Waals surface area contributed by atoms with Crippen LogP contribution in [0, 0.1) is 11.3 Å². The number of likely N-dealkylation sites (N-methyl/N-ethyl adjacent to an activating group) is 1. The molecule has 0 spiro atoms. The number of aromatic nitrogens is 2. The molecule has 0 aliphatic carbocycles. The number of nitrogens with one attached hydrogen (secondary N) is 3. The number of hydrogen-bond donors (Lipinski definition) is 3. The van der Waals surface area contributed by atoms with Crippen molar-refractivity contribution in [2.75, 3.05) is 37.3 Å². The molecule has 0 atom stereocenters. The van der Waals surface area contributed by atoms with Crippen LogP contribution in [0.25, 0.3) is 11.8 Å². The van der Waals surface area contributed by atoms with Crippen molar-refractivity contribution >= 4 is 46.6 Å². The van der Waals surface area contributed by atoms with Gasteiger partial charge in [-0.15, -0.1) is 11.3 Å². The van der Waals surface area contributed by atoms with E-state index in [1.54, 1.807) is 32.0 Å². The Labute approximate surface area is 224 Å². The van der Waals surface area contributed by atoms with Gasteiger partial charge in [-0.25, -0.2) is 4.98 Å². The van der Waals surface area contributed by atoms with Crippen molar-refractivity contribution in [1.29, 1.82) is 5.26 Å². The summed E-state index contributed by atoms with van der Waals surface area (Å²) in [5.74, 6) is 0.0894. The Morgan fingerprint density at radius 3 is 2.55 bits per heavy atom. The predicted octanol–water partition coefficient (Wildman–Crippen LogP) is 1.10. The second-order valence-corrected chi connectivity index (χ2v) is 9.42. The Morgan fingerprint density at radius 2 is 1.87 bits per heavy atom. The number of carbonyl (C=O) groups excluding carboxylic acids is 2. The zero-order chi connectivity index (χ0) is 27.5. The number of rotatable bonds is 11. The molecule has 1 aromatic carbocycles. The van der Waals surface area contributed by atoms with E-state index in [-0.39, 0.29) is 23.6 Å². The van der Waals surface area contributed by atoms with Crippen molar-refractivity contribution in [2.45, 2.75) is 26.8 Å². The van der Waals surface area contributed by atoms with Crippen LogP contribution in [0.15, 0.2) is 53.3 Å². The molecule has 0 radical (unpaired) electrons. The monoisotopic (exact) mass is 533 g/mol. The number of benzene rings is 1. The summed E-state index contributed by atoms with van der Waals surface area (Å²) in [5, 5.41) is 17.9. The van der Waals surface area contributed by atoms with Crippen LogP contribution < -0.4 is 30.7 Å². The molecule has 2 amide bonds. The lowest BCUT2D eigenvalue weighted by Crippen LogP contribution is -2.34. The van der Waals surface area contributed by atoms with Crippen LogP contribution in [0.3, 0.4) is 0 Å². The van der Waals surface area contributed by atoms with E-state index in [1.807, 2.05) is 36.2 Å². The van der Waals surface area contributed by atoms with Gasteiger partial charge in [-0.05, 0) is 45.0 Å². The van der Waals surface area contributed by atoms with Gasteiger partial charge in [-0.1, -0.05) is 36.4 Å². The van der Waals surface area contributed by atoms with E-state index in [1.165, 1.54) is 16.3 Å². The molecule has 198 valence electrons. The summed E-state index contributed by atoms with van der Waals surface area (Å²) in [6.45, 7) is 5.16. The predicted molar refractivity (Wildman–Crippen MR) is 150 cm³/mol. The lowest BCUT2D eigenvalue weighted by Gasteiger charge is -2.16. The first-order valence-corrected chi connectivity index (χ1v) is 13.1. The summed E-state index contributed by atoms with van der Waals surface area (Å²) in [7, 11) is 1.89. The average Bonchev–Trinajstić information content (AvgIpc) is 3.22. The zero-order valence-electron chi connectivity index (χ0n) is 21.7. The van der Waals surface area contributed by atoms with Gasteiger partial charge in [0.15, 0.2) is 5.57 Å². The van der Waals surface area contributed by atoms with E-state index in [0.717, 1.165) is 24.3 Å². The molecule has 0 bridgehead atoms. The Bertz CT molecular complexity index is 1490. The Balaban J connectivity index is 1.70. The number of anilines is 2. The molecule has 3 aromatic rings. The third-order valence-electron chi connectivity index (χ3n) is 5.52. The third-order valence-corrected chi connectivity index (χ3v) is 6.65. The molecule has 0 aliphatic rings. The number of nitriles is 1. The van der Waals surface area contributed by atoms with Gasteiger partial charge < -0.3 is 16.0 Å². The number of nitrogens with zero attached hydrogens (tertiary/aromatic N) is 4. The summed E-state index contributed by atoms with van der Waals surface area (Å²) < 4.78 is 2.00. The minimum absolute atomic E-state index is 0.105. The number of pyridine rings is 1. The molecule has 0 fully saturated rings. The van der Waals surface area contributed by atoms with Gasteiger partial charge in [0.05, 0.1) is 6.54 Å². The van der Waals surface area contributed by atoms with Crippen molar-refractivity contribution in [1.82, 2.24) is 19.8 Å². The minimum Gasteiger partial charge on any atom is -0.352 e. The van der Waals surface area contributed by atoms with Gasteiger partial charge in [0, 0.05) is 25.8 Å². The van der Waals surface area contributed by atoms with E-state index in [4.69, 9.17) is 0 Å². The normalized spacial score (nSPS) is 12.1. The van der Waals surface area contributed by atoms with Crippen molar-refractivity contribution in [3.05, 3.63) is 73.6 Å². The van der Waals surface area contributed by atoms with E-state index in [2.05, 4.69) is 33.1 Å². The standard InChI is InChI=1S/C27H31N7O3S/c1-4-29-25(36)20(16-28)27-34(5-2)26(37)21(38-27)17-30-22-12-9-13-23(31-22)32-24(35)18-33(3)15-14-19-10-7-6-8-11-19/h6-13,17H,4-5,14-15,18H2,1-3H3,(H,29,36)(H2,30,31,32,35)/b21-17+,27-20-. The van der Waals surface area contributed by atoms with Gasteiger partial charge >= 0.3 is 0 Å². The molecular formula is C27H31N7O3S. The third kappa shape index (κ3) is 7.61. The number of amides is 2. The lowest BCUT2D eigenvalue weighted by molar-refractivity contribution is -0.117. The van der Waals surface area contributed by atoms with Crippen molar-refractivity contribution in [3.63, 3.8) is 0 Å². The molecule has 2 aromatic heterocycles. The van der Waals surface area contributed by atoms with Crippen LogP contribution in [-0.2, 0) is 22.6 Å². The zero-order valence-corrected chi connectivity index (χ0v) is 22.5.